The van der Waals surface area contributed by atoms with Crippen LogP contribution in [-0.4, -0.2) is 49.6 Å². The molecular formula is C7H11F3N2O. The van der Waals surface area contributed by atoms with E-state index in [-0.39, 0.29) is 6.54 Å². The first-order chi connectivity index (χ1) is 6.03. The van der Waals surface area contributed by atoms with E-state index in [1.54, 1.807) is 0 Å². The Balaban J connectivity index is 2.50. The second kappa shape index (κ2) is 4.06. The summed E-state index contributed by atoms with van der Waals surface area (Å²) in [5.41, 5.74) is 0. The minimum absolute atomic E-state index is 0.267. The Hall–Kier alpha value is -0.620. The van der Waals surface area contributed by atoms with Crippen LogP contribution >= 0.6 is 0 Å². The zero-order valence-electron chi connectivity index (χ0n) is 6.97. The number of halogens is 3. The summed E-state index contributed by atoms with van der Waals surface area (Å²) in [6, 6.07) is -0.643. The molecule has 0 radical (unpaired) electrons. The summed E-state index contributed by atoms with van der Waals surface area (Å²) in [5, 5.41) is 2.86. The zero-order valence-corrected chi connectivity index (χ0v) is 6.97. The van der Waals surface area contributed by atoms with E-state index in [9.17, 15) is 18.0 Å². The van der Waals surface area contributed by atoms with Gasteiger partial charge in [0, 0.05) is 19.6 Å². The Labute approximate surface area is 73.9 Å². The number of alkyl halides is 3. The number of rotatable bonds is 2. The molecule has 3 nitrogen and oxygen atoms in total. The Morgan fingerprint density at radius 2 is 2.23 bits per heavy atom. The predicted molar refractivity (Wildman–Crippen MR) is 40.3 cm³/mol. The summed E-state index contributed by atoms with van der Waals surface area (Å²) in [7, 11) is 0. The monoisotopic (exact) mass is 196 g/mol. The molecule has 1 aliphatic rings. The van der Waals surface area contributed by atoms with E-state index in [4.69, 9.17) is 0 Å². The number of carbonyl (C=O) groups is 1. The lowest BCUT2D eigenvalue weighted by atomic mass is 10.2. The quantitative estimate of drug-likeness (QED) is 0.632. The van der Waals surface area contributed by atoms with Gasteiger partial charge in [-0.25, -0.2) is 0 Å². The van der Waals surface area contributed by atoms with Gasteiger partial charge in [0.1, 0.15) is 6.29 Å². The van der Waals surface area contributed by atoms with Gasteiger partial charge in [-0.3, -0.25) is 4.90 Å². The van der Waals surface area contributed by atoms with Crippen molar-refractivity contribution in [1.82, 2.24) is 10.2 Å². The van der Waals surface area contributed by atoms with Crippen molar-refractivity contribution >= 4 is 6.29 Å². The van der Waals surface area contributed by atoms with Crippen molar-refractivity contribution in [3.8, 4) is 0 Å². The summed E-state index contributed by atoms with van der Waals surface area (Å²) in [4.78, 5) is 11.5. The van der Waals surface area contributed by atoms with Gasteiger partial charge in [-0.2, -0.15) is 13.2 Å². The summed E-state index contributed by atoms with van der Waals surface area (Å²) >= 11 is 0. The van der Waals surface area contributed by atoms with Gasteiger partial charge in [0.25, 0.3) is 0 Å². The fourth-order valence-electron chi connectivity index (χ4n) is 1.33. The summed E-state index contributed by atoms with van der Waals surface area (Å²) < 4.78 is 35.9. The van der Waals surface area contributed by atoms with Crippen molar-refractivity contribution in [2.75, 3.05) is 26.2 Å². The van der Waals surface area contributed by atoms with E-state index in [2.05, 4.69) is 5.32 Å². The molecule has 0 spiro atoms. The van der Waals surface area contributed by atoms with Crippen LogP contribution in [-0.2, 0) is 4.79 Å². The average Bonchev–Trinajstić information content (AvgIpc) is 2.02. The lowest BCUT2D eigenvalue weighted by Crippen LogP contribution is -2.54. The van der Waals surface area contributed by atoms with E-state index in [0.717, 1.165) is 4.90 Å². The molecule has 0 aromatic heterocycles. The van der Waals surface area contributed by atoms with Gasteiger partial charge in [-0.1, -0.05) is 0 Å². The number of nitrogens with one attached hydrogen (secondary N) is 1. The second-order valence-corrected chi connectivity index (χ2v) is 2.99. The molecule has 6 heteroatoms. The molecular weight excluding hydrogens is 185 g/mol. The Morgan fingerprint density at radius 3 is 2.77 bits per heavy atom. The number of hydrogen-bond acceptors (Lipinski definition) is 3. The van der Waals surface area contributed by atoms with Crippen LogP contribution in [0.5, 0.6) is 0 Å². The molecule has 1 fully saturated rings. The van der Waals surface area contributed by atoms with Crippen molar-refractivity contribution in [3.63, 3.8) is 0 Å². The molecule has 0 saturated carbocycles. The van der Waals surface area contributed by atoms with E-state index in [0.29, 0.717) is 19.4 Å². The van der Waals surface area contributed by atoms with Crippen molar-refractivity contribution in [1.29, 1.82) is 0 Å². The van der Waals surface area contributed by atoms with Crippen molar-refractivity contribution in [2.24, 2.45) is 0 Å². The summed E-state index contributed by atoms with van der Waals surface area (Å²) in [6.45, 7) is 0.0704. The molecule has 13 heavy (non-hydrogen) atoms. The fourth-order valence-corrected chi connectivity index (χ4v) is 1.33. The van der Waals surface area contributed by atoms with Gasteiger partial charge < -0.3 is 10.1 Å². The van der Waals surface area contributed by atoms with Crippen LogP contribution in [0.25, 0.3) is 0 Å². The lowest BCUT2D eigenvalue weighted by Gasteiger charge is -2.33. The smallest absolute Gasteiger partial charge is 0.313 e. The van der Waals surface area contributed by atoms with Gasteiger partial charge in [0.15, 0.2) is 0 Å². The maximum absolute atomic E-state index is 12.0. The maximum atomic E-state index is 12.0. The number of piperazine rings is 1. The molecule has 0 bridgehead atoms. The number of carbonyl (C=O) groups excluding carboxylic acids is 1. The maximum Gasteiger partial charge on any atom is 0.401 e. The van der Waals surface area contributed by atoms with Crippen LogP contribution < -0.4 is 5.32 Å². The van der Waals surface area contributed by atoms with E-state index < -0.39 is 18.8 Å². The van der Waals surface area contributed by atoms with Gasteiger partial charge >= 0.3 is 6.18 Å². The molecule has 76 valence electrons. The summed E-state index contributed by atoms with van der Waals surface area (Å²) in [5.74, 6) is 0. The SMILES string of the molecule is O=CC1CNCCN1CC(F)(F)F. The van der Waals surface area contributed by atoms with Gasteiger partial charge in [0.2, 0.25) is 0 Å². The summed E-state index contributed by atoms with van der Waals surface area (Å²) in [6.07, 6.45) is -3.67. The average molecular weight is 196 g/mol. The van der Waals surface area contributed by atoms with Crippen molar-refractivity contribution in [2.45, 2.75) is 12.2 Å². The van der Waals surface area contributed by atoms with Crippen LogP contribution in [0.3, 0.4) is 0 Å². The van der Waals surface area contributed by atoms with E-state index >= 15 is 0 Å². The first-order valence-corrected chi connectivity index (χ1v) is 4.00. The Bertz CT molecular complexity index is 183. The molecule has 1 rings (SSSR count). The molecule has 1 aliphatic heterocycles. The molecule has 1 saturated heterocycles. The first-order valence-electron chi connectivity index (χ1n) is 4.00. The minimum atomic E-state index is -4.22. The highest BCUT2D eigenvalue weighted by Gasteiger charge is 2.34. The third-order valence-corrected chi connectivity index (χ3v) is 1.94. The molecule has 0 amide bonds. The van der Waals surface area contributed by atoms with Crippen molar-refractivity contribution < 1.29 is 18.0 Å². The molecule has 0 aromatic rings. The van der Waals surface area contributed by atoms with Crippen LogP contribution in [0, 0.1) is 0 Å². The molecule has 0 aliphatic carbocycles. The Kier molecular flexibility index (Phi) is 3.27. The van der Waals surface area contributed by atoms with Crippen LogP contribution in [0.4, 0.5) is 13.2 Å². The Morgan fingerprint density at radius 1 is 1.54 bits per heavy atom. The van der Waals surface area contributed by atoms with Crippen LogP contribution in [0.1, 0.15) is 0 Å². The number of hydrogen-bond donors (Lipinski definition) is 1. The molecule has 1 atom stereocenters. The standard InChI is InChI=1S/C7H11F3N2O/c8-7(9,10)5-12-2-1-11-3-6(12)4-13/h4,6,11H,1-3,5H2. The molecule has 0 aromatic carbocycles. The fraction of sp³-hybridized carbons (Fsp3) is 0.857. The topological polar surface area (TPSA) is 32.3 Å². The normalized spacial score (nSPS) is 25.9. The van der Waals surface area contributed by atoms with Gasteiger partial charge in [0.05, 0.1) is 12.6 Å². The van der Waals surface area contributed by atoms with E-state index in [1.165, 1.54) is 0 Å². The lowest BCUT2D eigenvalue weighted by molar-refractivity contribution is -0.153. The highest BCUT2D eigenvalue weighted by atomic mass is 19.4. The minimum Gasteiger partial charge on any atom is -0.313 e. The molecule has 1 N–H and O–H groups in total. The number of aldehydes is 1. The first kappa shape index (κ1) is 10.5. The molecule has 1 heterocycles. The molecule has 1 unspecified atom stereocenters. The highest BCUT2D eigenvalue weighted by Crippen LogP contribution is 2.17. The largest absolute Gasteiger partial charge is 0.401 e. The van der Waals surface area contributed by atoms with Gasteiger partial charge in [-0.05, 0) is 0 Å². The predicted octanol–water partition coefficient (Wildman–Crippen LogP) is 0.0214. The van der Waals surface area contributed by atoms with Gasteiger partial charge in [-0.15, -0.1) is 0 Å². The van der Waals surface area contributed by atoms with E-state index in [1.807, 2.05) is 0 Å². The highest BCUT2D eigenvalue weighted by molar-refractivity contribution is 5.58. The third kappa shape index (κ3) is 3.31. The van der Waals surface area contributed by atoms with Crippen LogP contribution in [0.2, 0.25) is 0 Å². The number of nitrogens with zero attached hydrogens (tertiary/aromatic N) is 1. The third-order valence-electron chi connectivity index (χ3n) is 1.94. The van der Waals surface area contributed by atoms with Crippen molar-refractivity contribution in [3.05, 3.63) is 0 Å². The zero-order chi connectivity index (χ0) is 9.90. The second-order valence-electron chi connectivity index (χ2n) is 2.99. The van der Waals surface area contributed by atoms with Crippen LogP contribution in [0.15, 0.2) is 0 Å².